The van der Waals surface area contributed by atoms with E-state index in [1.54, 1.807) is 18.3 Å². The zero-order chi connectivity index (χ0) is 18.5. The summed E-state index contributed by atoms with van der Waals surface area (Å²) in [6.07, 6.45) is 4.08. The van der Waals surface area contributed by atoms with Crippen molar-refractivity contribution in [2.75, 3.05) is 5.32 Å². The number of para-hydroxylation sites is 2. The summed E-state index contributed by atoms with van der Waals surface area (Å²) in [5.41, 5.74) is 1.06. The first-order valence-electron chi connectivity index (χ1n) is 8.57. The zero-order valence-electron chi connectivity index (χ0n) is 14.8. The van der Waals surface area contributed by atoms with Gasteiger partial charge in [0.1, 0.15) is 12.4 Å². The van der Waals surface area contributed by atoms with Crippen LogP contribution in [0.3, 0.4) is 0 Å². The highest BCUT2D eigenvalue weighted by atomic mass is 32.1. The van der Waals surface area contributed by atoms with E-state index < -0.39 is 0 Å². The summed E-state index contributed by atoms with van der Waals surface area (Å²) in [4.78, 5) is 30.3. The van der Waals surface area contributed by atoms with Crippen molar-refractivity contribution in [2.24, 2.45) is 0 Å². The maximum Gasteiger partial charge on any atom is 0.258 e. The van der Waals surface area contributed by atoms with Crippen LogP contribution in [-0.2, 0) is 11.4 Å². The molecule has 0 saturated heterocycles. The third-order valence-corrected chi connectivity index (χ3v) is 4.73. The molecule has 2 aromatic heterocycles. The standard InChI is InChI=1S/C19H21N3O3S/c1-3-4-9-17(23)21-15-7-5-6-8-16(15)25-12-14-10-18(24)22-11-13(2)26-19(22)20-14/h5-8,10-11H,3-4,9,12H2,1-2H3,(H,21,23). The monoisotopic (exact) mass is 371 g/mol. The second kappa shape index (κ2) is 8.14. The van der Waals surface area contributed by atoms with Crippen LogP contribution in [0.25, 0.3) is 4.96 Å². The molecule has 26 heavy (non-hydrogen) atoms. The minimum atomic E-state index is -0.126. The van der Waals surface area contributed by atoms with Crippen molar-refractivity contribution in [3.8, 4) is 5.75 Å². The van der Waals surface area contributed by atoms with Crippen LogP contribution in [0.5, 0.6) is 5.75 Å². The molecule has 0 aliphatic rings. The molecule has 7 heteroatoms. The number of aromatic nitrogens is 2. The van der Waals surface area contributed by atoms with Gasteiger partial charge in [0.25, 0.3) is 5.56 Å². The van der Waals surface area contributed by atoms with E-state index in [0.717, 1.165) is 17.7 Å². The lowest BCUT2D eigenvalue weighted by Crippen LogP contribution is -2.15. The lowest BCUT2D eigenvalue weighted by Gasteiger charge is -2.12. The van der Waals surface area contributed by atoms with Crippen LogP contribution in [0.2, 0.25) is 0 Å². The summed E-state index contributed by atoms with van der Waals surface area (Å²) in [6, 6.07) is 8.74. The van der Waals surface area contributed by atoms with Crippen LogP contribution in [0.4, 0.5) is 5.69 Å². The van der Waals surface area contributed by atoms with Crippen molar-refractivity contribution in [1.29, 1.82) is 0 Å². The molecule has 0 aliphatic heterocycles. The first-order valence-corrected chi connectivity index (χ1v) is 9.39. The summed E-state index contributed by atoms with van der Waals surface area (Å²) in [7, 11) is 0. The predicted molar refractivity (Wildman–Crippen MR) is 103 cm³/mol. The van der Waals surface area contributed by atoms with Crippen molar-refractivity contribution >= 4 is 27.9 Å². The van der Waals surface area contributed by atoms with Crippen LogP contribution in [0.1, 0.15) is 36.8 Å². The first-order chi connectivity index (χ1) is 12.6. The van der Waals surface area contributed by atoms with Crippen molar-refractivity contribution in [1.82, 2.24) is 9.38 Å². The average Bonchev–Trinajstić information content (AvgIpc) is 3.00. The number of aryl methyl sites for hydroxylation is 1. The van der Waals surface area contributed by atoms with Crippen LogP contribution in [0, 0.1) is 6.92 Å². The third kappa shape index (κ3) is 4.29. The number of amides is 1. The molecule has 0 saturated carbocycles. The number of benzene rings is 1. The molecular formula is C19H21N3O3S. The van der Waals surface area contributed by atoms with Gasteiger partial charge in [-0.3, -0.25) is 14.0 Å². The third-order valence-electron chi connectivity index (χ3n) is 3.83. The number of hydrogen-bond acceptors (Lipinski definition) is 5. The van der Waals surface area contributed by atoms with Crippen LogP contribution >= 0.6 is 11.3 Å². The Bertz CT molecular complexity index is 978. The molecule has 1 amide bonds. The van der Waals surface area contributed by atoms with Crippen molar-refractivity contribution < 1.29 is 9.53 Å². The smallest absolute Gasteiger partial charge is 0.258 e. The first kappa shape index (κ1) is 18.1. The maximum atomic E-state index is 12.2. The van der Waals surface area contributed by atoms with Gasteiger partial charge < -0.3 is 10.1 Å². The van der Waals surface area contributed by atoms with E-state index in [-0.39, 0.29) is 18.1 Å². The summed E-state index contributed by atoms with van der Waals surface area (Å²) in [5, 5.41) is 2.88. The molecule has 0 bridgehead atoms. The number of nitrogens with zero attached hydrogens (tertiary/aromatic N) is 2. The fourth-order valence-corrected chi connectivity index (χ4v) is 3.38. The molecule has 3 aromatic rings. The Hall–Kier alpha value is -2.67. The highest BCUT2D eigenvalue weighted by Gasteiger charge is 2.10. The van der Waals surface area contributed by atoms with E-state index in [4.69, 9.17) is 4.74 Å². The Kier molecular flexibility index (Phi) is 5.68. The van der Waals surface area contributed by atoms with E-state index in [1.807, 2.05) is 26.0 Å². The molecule has 0 aliphatic carbocycles. The molecule has 0 atom stereocenters. The number of unbranched alkanes of at least 4 members (excludes halogenated alkanes) is 1. The van der Waals surface area contributed by atoms with Gasteiger partial charge in [0.2, 0.25) is 5.91 Å². The SMILES string of the molecule is CCCCC(=O)Nc1ccccc1OCc1cc(=O)n2cc(C)sc2n1. The molecule has 0 fully saturated rings. The van der Waals surface area contributed by atoms with Crippen LogP contribution in [0.15, 0.2) is 41.3 Å². The molecule has 6 nitrogen and oxygen atoms in total. The zero-order valence-corrected chi connectivity index (χ0v) is 15.6. The lowest BCUT2D eigenvalue weighted by molar-refractivity contribution is -0.116. The van der Waals surface area contributed by atoms with E-state index in [2.05, 4.69) is 10.3 Å². The van der Waals surface area contributed by atoms with E-state index >= 15 is 0 Å². The van der Waals surface area contributed by atoms with Gasteiger partial charge >= 0.3 is 0 Å². The molecule has 2 heterocycles. The number of hydrogen-bond donors (Lipinski definition) is 1. The highest BCUT2D eigenvalue weighted by molar-refractivity contribution is 7.16. The molecule has 1 N–H and O–H groups in total. The number of rotatable bonds is 7. The second-order valence-corrected chi connectivity index (χ2v) is 7.23. The Labute approximate surface area is 155 Å². The highest BCUT2D eigenvalue weighted by Crippen LogP contribution is 2.25. The van der Waals surface area contributed by atoms with Crippen molar-refractivity contribution in [3.05, 3.63) is 57.5 Å². The molecule has 0 unspecified atom stereocenters. The number of nitrogens with one attached hydrogen (secondary N) is 1. The summed E-state index contributed by atoms with van der Waals surface area (Å²) in [5.74, 6) is 0.524. The number of fused-ring (bicyclic) bond motifs is 1. The summed E-state index contributed by atoms with van der Waals surface area (Å²) in [6.45, 7) is 4.14. The largest absolute Gasteiger partial charge is 0.485 e. The van der Waals surface area contributed by atoms with E-state index in [0.29, 0.717) is 28.5 Å². The van der Waals surface area contributed by atoms with Crippen LogP contribution in [-0.4, -0.2) is 15.3 Å². The Balaban J connectivity index is 1.74. The van der Waals surface area contributed by atoms with Gasteiger partial charge in [-0.2, -0.15) is 0 Å². The van der Waals surface area contributed by atoms with Gasteiger partial charge in [0.15, 0.2) is 4.96 Å². The average molecular weight is 371 g/mol. The fourth-order valence-electron chi connectivity index (χ4n) is 2.53. The maximum absolute atomic E-state index is 12.2. The number of carbonyl (C=O) groups excluding carboxylic acids is 1. The predicted octanol–water partition coefficient (Wildman–Crippen LogP) is 3.77. The quantitative estimate of drug-likeness (QED) is 0.686. The number of anilines is 1. The molecule has 0 spiro atoms. The lowest BCUT2D eigenvalue weighted by atomic mass is 10.2. The van der Waals surface area contributed by atoms with Gasteiger partial charge in [0.05, 0.1) is 11.4 Å². The van der Waals surface area contributed by atoms with E-state index in [9.17, 15) is 9.59 Å². The topological polar surface area (TPSA) is 72.7 Å². The van der Waals surface area contributed by atoms with Gasteiger partial charge in [-0.1, -0.05) is 25.5 Å². The summed E-state index contributed by atoms with van der Waals surface area (Å²) < 4.78 is 7.35. The number of thiazole rings is 1. The van der Waals surface area contributed by atoms with E-state index in [1.165, 1.54) is 21.8 Å². The molecule has 1 aromatic carbocycles. The Morgan fingerprint density at radius 2 is 2.15 bits per heavy atom. The fraction of sp³-hybridized carbons (Fsp3) is 0.316. The minimum absolute atomic E-state index is 0.0326. The summed E-state index contributed by atoms with van der Waals surface area (Å²) >= 11 is 1.46. The van der Waals surface area contributed by atoms with Crippen molar-refractivity contribution in [2.45, 2.75) is 39.7 Å². The van der Waals surface area contributed by atoms with Crippen LogP contribution < -0.4 is 15.6 Å². The van der Waals surface area contributed by atoms with Gasteiger partial charge in [-0.05, 0) is 25.5 Å². The van der Waals surface area contributed by atoms with Gasteiger partial charge in [0, 0.05) is 23.6 Å². The molecular weight excluding hydrogens is 350 g/mol. The molecule has 3 rings (SSSR count). The van der Waals surface area contributed by atoms with Gasteiger partial charge in [-0.25, -0.2) is 4.98 Å². The van der Waals surface area contributed by atoms with Gasteiger partial charge in [-0.15, -0.1) is 11.3 Å². The Morgan fingerprint density at radius 1 is 1.35 bits per heavy atom. The molecule has 0 radical (unpaired) electrons. The number of carbonyl (C=O) groups is 1. The van der Waals surface area contributed by atoms with Crippen molar-refractivity contribution in [3.63, 3.8) is 0 Å². The normalized spacial score (nSPS) is 10.8. The second-order valence-electron chi connectivity index (χ2n) is 6.02. The Morgan fingerprint density at radius 3 is 2.96 bits per heavy atom. The number of ether oxygens (including phenoxy) is 1. The minimum Gasteiger partial charge on any atom is -0.485 e. The molecule has 136 valence electrons.